The van der Waals surface area contributed by atoms with Gasteiger partial charge in [-0.25, -0.2) is 9.78 Å². The van der Waals surface area contributed by atoms with E-state index >= 15 is 0 Å². The Labute approximate surface area is 132 Å². The molecule has 23 heavy (non-hydrogen) atoms. The van der Waals surface area contributed by atoms with E-state index in [0.29, 0.717) is 5.82 Å². The van der Waals surface area contributed by atoms with Crippen molar-refractivity contribution in [2.75, 3.05) is 5.32 Å². The van der Waals surface area contributed by atoms with E-state index < -0.39 is 12.6 Å². The van der Waals surface area contributed by atoms with Crippen LogP contribution in [0.4, 0.5) is 19.4 Å². The van der Waals surface area contributed by atoms with Crippen molar-refractivity contribution in [3.05, 3.63) is 53.7 Å². The van der Waals surface area contributed by atoms with E-state index in [2.05, 4.69) is 20.4 Å². The minimum absolute atomic E-state index is 0.0736. The van der Waals surface area contributed by atoms with Gasteiger partial charge in [0.2, 0.25) is 0 Å². The molecule has 0 radical (unpaired) electrons. The van der Waals surface area contributed by atoms with Gasteiger partial charge in [0.15, 0.2) is 0 Å². The van der Waals surface area contributed by atoms with E-state index in [1.54, 1.807) is 31.3 Å². The third-order valence-electron chi connectivity index (χ3n) is 3.19. The first-order valence-electron chi connectivity index (χ1n) is 6.99. The van der Waals surface area contributed by atoms with E-state index in [-0.39, 0.29) is 11.8 Å². The average molecular weight is 321 g/mol. The van der Waals surface area contributed by atoms with Crippen LogP contribution in [0.5, 0.6) is 5.75 Å². The SMILES string of the molecule is Cc1cccnc1NC(=O)N[C@H](C)c1ccc(OC(F)F)cc1. The van der Waals surface area contributed by atoms with Crippen LogP contribution in [-0.4, -0.2) is 17.6 Å². The largest absolute Gasteiger partial charge is 0.435 e. The van der Waals surface area contributed by atoms with Crippen molar-refractivity contribution in [3.8, 4) is 5.75 Å². The number of ether oxygens (including phenoxy) is 1. The first kappa shape index (κ1) is 16.7. The predicted molar refractivity (Wildman–Crippen MR) is 82.6 cm³/mol. The second kappa shape index (κ2) is 7.53. The molecule has 1 atom stereocenters. The monoisotopic (exact) mass is 321 g/mol. The number of anilines is 1. The Hall–Kier alpha value is -2.70. The molecule has 2 amide bonds. The predicted octanol–water partition coefficient (Wildman–Crippen LogP) is 3.87. The number of halogens is 2. The molecular formula is C16H17F2N3O2. The van der Waals surface area contributed by atoms with Crippen LogP contribution in [0.3, 0.4) is 0 Å². The Morgan fingerprint density at radius 3 is 2.52 bits per heavy atom. The second-order valence-corrected chi connectivity index (χ2v) is 4.94. The summed E-state index contributed by atoms with van der Waals surface area (Å²) in [5.74, 6) is 0.558. The highest BCUT2D eigenvalue weighted by Crippen LogP contribution is 2.19. The minimum Gasteiger partial charge on any atom is -0.435 e. The summed E-state index contributed by atoms with van der Waals surface area (Å²) in [6.45, 7) is 0.769. The number of aryl methyl sites for hydroxylation is 1. The van der Waals surface area contributed by atoms with Crippen LogP contribution >= 0.6 is 0 Å². The first-order valence-corrected chi connectivity index (χ1v) is 6.99. The van der Waals surface area contributed by atoms with Gasteiger partial charge in [0.1, 0.15) is 11.6 Å². The van der Waals surface area contributed by atoms with Crippen molar-refractivity contribution in [2.45, 2.75) is 26.5 Å². The summed E-state index contributed by atoms with van der Waals surface area (Å²) < 4.78 is 28.5. The number of amides is 2. The van der Waals surface area contributed by atoms with Crippen LogP contribution in [0.25, 0.3) is 0 Å². The summed E-state index contributed by atoms with van der Waals surface area (Å²) >= 11 is 0. The number of hydrogen-bond donors (Lipinski definition) is 2. The number of alkyl halides is 2. The van der Waals surface area contributed by atoms with Gasteiger partial charge in [-0.15, -0.1) is 0 Å². The molecule has 122 valence electrons. The first-order chi connectivity index (χ1) is 11.0. The zero-order valence-electron chi connectivity index (χ0n) is 12.7. The van der Waals surface area contributed by atoms with E-state index in [4.69, 9.17) is 0 Å². The summed E-state index contributed by atoms with van der Waals surface area (Å²) in [5.41, 5.74) is 1.61. The summed E-state index contributed by atoms with van der Waals surface area (Å²) in [4.78, 5) is 16.1. The molecule has 0 bridgehead atoms. The maximum Gasteiger partial charge on any atom is 0.387 e. The van der Waals surface area contributed by atoms with Gasteiger partial charge in [0.25, 0.3) is 0 Å². The van der Waals surface area contributed by atoms with Gasteiger partial charge in [0, 0.05) is 6.20 Å². The van der Waals surface area contributed by atoms with Crippen molar-refractivity contribution >= 4 is 11.8 Å². The number of urea groups is 1. The average Bonchev–Trinajstić information content (AvgIpc) is 2.49. The Morgan fingerprint density at radius 1 is 1.22 bits per heavy atom. The molecule has 0 aliphatic carbocycles. The second-order valence-electron chi connectivity index (χ2n) is 4.94. The van der Waals surface area contributed by atoms with Gasteiger partial charge in [-0.3, -0.25) is 5.32 Å². The molecule has 2 rings (SSSR count). The Balaban J connectivity index is 1.94. The topological polar surface area (TPSA) is 63.2 Å². The summed E-state index contributed by atoms with van der Waals surface area (Å²) in [7, 11) is 0. The number of hydrogen-bond acceptors (Lipinski definition) is 3. The van der Waals surface area contributed by atoms with Crippen LogP contribution in [-0.2, 0) is 0 Å². The number of rotatable bonds is 5. The molecule has 0 aliphatic rings. The molecule has 5 nitrogen and oxygen atoms in total. The fraction of sp³-hybridized carbons (Fsp3) is 0.250. The van der Waals surface area contributed by atoms with Gasteiger partial charge in [-0.05, 0) is 43.2 Å². The molecular weight excluding hydrogens is 304 g/mol. The molecule has 0 aliphatic heterocycles. The molecule has 7 heteroatoms. The summed E-state index contributed by atoms with van der Waals surface area (Å²) in [6.07, 6.45) is 1.59. The number of carbonyl (C=O) groups excluding carboxylic acids is 1. The van der Waals surface area contributed by atoms with Crippen LogP contribution in [0.1, 0.15) is 24.1 Å². The number of nitrogens with zero attached hydrogens (tertiary/aromatic N) is 1. The highest BCUT2D eigenvalue weighted by Gasteiger charge is 2.11. The number of benzene rings is 1. The smallest absolute Gasteiger partial charge is 0.387 e. The Bertz CT molecular complexity index is 663. The zero-order chi connectivity index (χ0) is 16.8. The van der Waals surface area contributed by atoms with Crippen molar-refractivity contribution in [1.29, 1.82) is 0 Å². The van der Waals surface area contributed by atoms with Gasteiger partial charge in [-0.2, -0.15) is 8.78 Å². The lowest BCUT2D eigenvalue weighted by Crippen LogP contribution is -2.31. The highest BCUT2D eigenvalue weighted by atomic mass is 19.3. The fourth-order valence-corrected chi connectivity index (χ4v) is 1.98. The van der Waals surface area contributed by atoms with Gasteiger partial charge in [-0.1, -0.05) is 18.2 Å². The lowest BCUT2D eigenvalue weighted by molar-refractivity contribution is -0.0498. The van der Waals surface area contributed by atoms with Gasteiger partial charge in [0.05, 0.1) is 6.04 Å². The lowest BCUT2D eigenvalue weighted by Gasteiger charge is -2.16. The molecule has 1 aromatic heterocycles. The lowest BCUT2D eigenvalue weighted by atomic mass is 10.1. The molecule has 2 aromatic rings. The standard InChI is InChI=1S/C16H17F2N3O2/c1-10-4-3-9-19-14(10)21-16(22)20-11(2)12-5-7-13(8-6-12)23-15(17)18/h3-9,11,15H,1-2H3,(H2,19,20,21,22)/t11-/m1/s1. The molecule has 1 heterocycles. The summed E-state index contributed by atoms with van der Waals surface area (Å²) in [5, 5.41) is 5.42. The van der Waals surface area contributed by atoms with Crippen LogP contribution < -0.4 is 15.4 Å². The Kier molecular flexibility index (Phi) is 5.46. The summed E-state index contributed by atoms with van der Waals surface area (Å²) in [6, 6.07) is 9.02. The molecule has 0 unspecified atom stereocenters. The molecule has 0 spiro atoms. The molecule has 0 fully saturated rings. The van der Waals surface area contributed by atoms with Gasteiger partial charge >= 0.3 is 12.6 Å². The number of nitrogens with one attached hydrogen (secondary N) is 2. The minimum atomic E-state index is -2.86. The van der Waals surface area contributed by atoms with Crippen LogP contribution in [0, 0.1) is 6.92 Å². The van der Waals surface area contributed by atoms with Crippen LogP contribution in [0.2, 0.25) is 0 Å². The van der Waals surface area contributed by atoms with E-state index in [9.17, 15) is 13.6 Å². The highest BCUT2D eigenvalue weighted by molar-refractivity contribution is 5.89. The molecule has 0 saturated heterocycles. The number of carbonyl (C=O) groups is 1. The van der Waals surface area contributed by atoms with Crippen molar-refractivity contribution in [2.24, 2.45) is 0 Å². The van der Waals surface area contributed by atoms with Crippen LogP contribution in [0.15, 0.2) is 42.6 Å². The number of pyridine rings is 1. The van der Waals surface area contributed by atoms with Crippen molar-refractivity contribution in [1.82, 2.24) is 10.3 Å². The molecule has 1 aromatic carbocycles. The maximum atomic E-state index is 12.1. The quantitative estimate of drug-likeness (QED) is 0.878. The van der Waals surface area contributed by atoms with Crippen molar-refractivity contribution < 1.29 is 18.3 Å². The number of aromatic nitrogens is 1. The van der Waals surface area contributed by atoms with E-state index in [1.165, 1.54) is 12.1 Å². The Morgan fingerprint density at radius 2 is 1.91 bits per heavy atom. The van der Waals surface area contributed by atoms with Crippen molar-refractivity contribution in [3.63, 3.8) is 0 Å². The molecule has 2 N–H and O–H groups in total. The molecule has 0 saturated carbocycles. The normalized spacial score (nSPS) is 11.9. The third-order valence-corrected chi connectivity index (χ3v) is 3.19. The van der Waals surface area contributed by atoms with E-state index in [0.717, 1.165) is 11.1 Å². The third kappa shape index (κ3) is 4.91. The maximum absolute atomic E-state index is 12.1. The fourth-order valence-electron chi connectivity index (χ4n) is 1.98. The zero-order valence-corrected chi connectivity index (χ0v) is 12.7. The van der Waals surface area contributed by atoms with E-state index in [1.807, 2.05) is 13.0 Å². The van der Waals surface area contributed by atoms with Gasteiger partial charge < -0.3 is 10.1 Å².